The maximum absolute atomic E-state index is 11.8. The molecule has 0 aromatic carbocycles. The molecule has 0 atom stereocenters. The molecule has 0 aromatic heterocycles. The third-order valence-electron chi connectivity index (χ3n) is 4.26. The molecule has 0 saturated carbocycles. The summed E-state index contributed by atoms with van der Waals surface area (Å²) in [4.78, 5) is 11.8. The molecule has 0 aliphatic carbocycles. The molecule has 2 nitrogen and oxygen atoms in total. The Hall–Kier alpha value is 0.619. The van der Waals surface area contributed by atoms with Crippen LogP contribution in [0.1, 0.15) is 73.1 Å². The van der Waals surface area contributed by atoms with Crippen LogP contribution in [0.5, 0.6) is 0 Å². The Kier molecular flexibility index (Phi) is 13.5. The van der Waals surface area contributed by atoms with E-state index in [0.717, 1.165) is 0 Å². The van der Waals surface area contributed by atoms with Crippen LogP contribution in [-0.4, -0.2) is 28.1 Å². The predicted molar refractivity (Wildman–Crippen MR) is 100 cm³/mol. The number of hydrogen-bond acceptors (Lipinski definition) is 2. The van der Waals surface area contributed by atoms with E-state index in [9.17, 15) is 4.79 Å². The van der Waals surface area contributed by atoms with E-state index < -0.39 is 18.4 Å². The van der Waals surface area contributed by atoms with Gasteiger partial charge < -0.3 is 0 Å². The van der Waals surface area contributed by atoms with Crippen molar-refractivity contribution >= 4 is 36.2 Å². The van der Waals surface area contributed by atoms with E-state index in [-0.39, 0.29) is 11.8 Å². The second-order valence-electron chi connectivity index (χ2n) is 6.72. The van der Waals surface area contributed by atoms with Gasteiger partial charge >= 0.3 is 142 Å². The van der Waals surface area contributed by atoms with E-state index >= 15 is 0 Å². The molecule has 0 unspecified atom stereocenters. The standard InChI is InChI=1S/C5H10NOS.3C4H9.Sn/c1-4(2)5(7)6-8-3;3*1-3-4-2;/h4H,3H2,1-2H3,(H,6,7);3*1,3-4H2,2H3;. The van der Waals surface area contributed by atoms with Crippen molar-refractivity contribution in [2.75, 3.05) is 3.77 Å². The second-order valence-corrected chi connectivity index (χ2v) is 22.8. The molecule has 21 heavy (non-hydrogen) atoms. The van der Waals surface area contributed by atoms with Crippen LogP contribution in [0.3, 0.4) is 0 Å². The normalized spacial score (nSPS) is 11.9. The first kappa shape index (κ1) is 21.6. The van der Waals surface area contributed by atoms with E-state index in [0.29, 0.717) is 0 Å². The summed E-state index contributed by atoms with van der Waals surface area (Å²) in [6, 6.07) is 0. The molecule has 0 spiro atoms. The van der Waals surface area contributed by atoms with Gasteiger partial charge in [0, 0.05) is 0 Å². The van der Waals surface area contributed by atoms with Crippen LogP contribution in [-0.2, 0) is 4.79 Å². The summed E-state index contributed by atoms with van der Waals surface area (Å²) in [5, 5.41) is 0. The number of amides is 1. The molecule has 4 heteroatoms. The minimum atomic E-state index is -2.05. The molecule has 0 aliphatic heterocycles. The van der Waals surface area contributed by atoms with E-state index in [1.807, 2.05) is 13.8 Å². The van der Waals surface area contributed by atoms with Gasteiger partial charge in [0.05, 0.1) is 0 Å². The summed E-state index contributed by atoms with van der Waals surface area (Å²) < 4.78 is 8.95. The van der Waals surface area contributed by atoms with Crippen molar-refractivity contribution in [3.05, 3.63) is 0 Å². The quantitative estimate of drug-likeness (QED) is 0.301. The number of unbranched alkanes of at least 4 members (excludes halogenated alkanes) is 3. The monoisotopic (exact) mass is 423 g/mol. The minimum absolute atomic E-state index is 0.101. The third-order valence-corrected chi connectivity index (χ3v) is 23.9. The molecule has 0 radical (unpaired) electrons. The SMILES string of the molecule is CCC[CH2][Sn]([CH2]CCC)([CH2]CCC)[CH2]SNC(=O)C(C)C. The summed E-state index contributed by atoms with van der Waals surface area (Å²) in [7, 11) is 0. The molecule has 0 bridgehead atoms. The number of carbonyl (C=O) groups is 1. The molecule has 0 saturated heterocycles. The van der Waals surface area contributed by atoms with Gasteiger partial charge in [-0.3, -0.25) is 0 Å². The van der Waals surface area contributed by atoms with Crippen molar-refractivity contribution in [2.24, 2.45) is 5.92 Å². The van der Waals surface area contributed by atoms with Gasteiger partial charge in [-0.25, -0.2) is 0 Å². The van der Waals surface area contributed by atoms with Gasteiger partial charge in [0.15, 0.2) is 0 Å². The van der Waals surface area contributed by atoms with Crippen LogP contribution in [0.15, 0.2) is 0 Å². The summed E-state index contributed by atoms with van der Waals surface area (Å²) in [6.45, 7) is 10.9. The average molecular weight is 422 g/mol. The van der Waals surface area contributed by atoms with Gasteiger partial charge in [0.2, 0.25) is 0 Å². The molecular weight excluding hydrogens is 385 g/mol. The Labute approximate surface area is 141 Å². The van der Waals surface area contributed by atoms with Gasteiger partial charge in [-0.15, -0.1) is 0 Å². The Morgan fingerprint density at radius 3 is 1.71 bits per heavy atom. The van der Waals surface area contributed by atoms with Gasteiger partial charge in [0.1, 0.15) is 0 Å². The summed E-state index contributed by atoms with van der Waals surface area (Å²) in [5.41, 5.74) is 0. The molecular formula is C17H37NOSSn. The predicted octanol–water partition coefficient (Wildman–Crippen LogP) is 5.80. The summed E-state index contributed by atoms with van der Waals surface area (Å²) in [5.74, 6) is 0.297. The Bertz CT molecular complexity index is 250. The van der Waals surface area contributed by atoms with Gasteiger partial charge in [0.25, 0.3) is 0 Å². The Morgan fingerprint density at radius 1 is 0.952 bits per heavy atom. The fraction of sp³-hybridized carbons (Fsp3) is 0.941. The molecule has 126 valence electrons. The van der Waals surface area contributed by atoms with Gasteiger partial charge in [-0.2, -0.15) is 0 Å². The Balaban J connectivity index is 4.58. The first-order valence-corrected chi connectivity index (χ1v) is 18.0. The van der Waals surface area contributed by atoms with Crippen LogP contribution in [0, 0.1) is 5.92 Å². The number of nitrogens with one attached hydrogen (secondary N) is 1. The van der Waals surface area contributed by atoms with Crippen molar-refractivity contribution in [2.45, 2.75) is 86.5 Å². The van der Waals surface area contributed by atoms with Crippen LogP contribution in [0.2, 0.25) is 13.3 Å². The molecule has 0 fully saturated rings. The molecule has 1 amide bonds. The van der Waals surface area contributed by atoms with Crippen molar-refractivity contribution in [1.29, 1.82) is 0 Å². The maximum atomic E-state index is 11.8. The Morgan fingerprint density at radius 2 is 1.38 bits per heavy atom. The fourth-order valence-corrected chi connectivity index (χ4v) is 22.4. The molecule has 0 aliphatic rings. The molecule has 1 N–H and O–H groups in total. The zero-order valence-electron chi connectivity index (χ0n) is 15.0. The number of carbonyl (C=O) groups excluding carboxylic acids is 1. The molecule has 0 rings (SSSR count). The van der Waals surface area contributed by atoms with Crippen LogP contribution >= 0.6 is 11.9 Å². The first-order chi connectivity index (χ1) is 10.0. The van der Waals surface area contributed by atoms with E-state index in [4.69, 9.17) is 0 Å². The topological polar surface area (TPSA) is 29.1 Å². The zero-order chi connectivity index (χ0) is 16.1. The fourth-order valence-electron chi connectivity index (χ4n) is 2.62. The van der Waals surface area contributed by atoms with Gasteiger partial charge in [-0.05, 0) is 0 Å². The van der Waals surface area contributed by atoms with Crippen molar-refractivity contribution in [3.63, 3.8) is 0 Å². The van der Waals surface area contributed by atoms with Crippen molar-refractivity contribution < 1.29 is 4.79 Å². The molecule has 0 heterocycles. The first-order valence-electron chi connectivity index (χ1n) is 8.93. The van der Waals surface area contributed by atoms with Crippen LogP contribution < -0.4 is 4.72 Å². The number of rotatable bonds is 13. The van der Waals surface area contributed by atoms with Crippen LogP contribution in [0.25, 0.3) is 0 Å². The van der Waals surface area contributed by atoms with Crippen molar-refractivity contribution in [1.82, 2.24) is 4.72 Å². The van der Waals surface area contributed by atoms with E-state index in [2.05, 4.69) is 25.5 Å². The van der Waals surface area contributed by atoms with Crippen LogP contribution in [0.4, 0.5) is 0 Å². The third kappa shape index (κ3) is 10.1. The van der Waals surface area contributed by atoms with E-state index in [1.165, 1.54) is 55.6 Å². The van der Waals surface area contributed by atoms with Gasteiger partial charge in [-0.1, -0.05) is 0 Å². The average Bonchev–Trinajstić information content (AvgIpc) is 2.48. The molecule has 0 aromatic rings. The van der Waals surface area contributed by atoms with E-state index in [1.54, 1.807) is 11.9 Å². The van der Waals surface area contributed by atoms with Crippen molar-refractivity contribution in [3.8, 4) is 0 Å². The zero-order valence-corrected chi connectivity index (χ0v) is 18.6. The summed E-state index contributed by atoms with van der Waals surface area (Å²) >= 11 is -0.309. The second kappa shape index (κ2) is 13.1. The summed E-state index contributed by atoms with van der Waals surface area (Å²) in [6.07, 6.45) is 8.17. The number of hydrogen-bond donors (Lipinski definition) is 1.